The molecule has 0 aliphatic carbocycles. The van der Waals surface area contributed by atoms with Gasteiger partial charge in [-0.15, -0.1) is 0 Å². The molecule has 2 saturated heterocycles. The number of hydrogen-bond acceptors (Lipinski definition) is 4. The highest BCUT2D eigenvalue weighted by Crippen LogP contribution is 2.29. The fraction of sp³-hybridized carbons (Fsp3) is 0.588. The molecule has 0 radical (unpaired) electrons. The lowest BCUT2D eigenvalue weighted by Gasteiger charge is -2.20. The fourth-order valence-corrected chi connectivity index (χ4v) is 4.32. The van der Waals surface area contributed by atoms with Gasteiger partial charge in [0.25, 0.3) is 5.91 Å². The zero-order chi connectivity index (χ0) is 15.4. The van der Waals surface area contributed by atoms with Crippen molar-refractivity contribution in [3.8, 4) is 0 Å². The maximum absolute atomic E-state index is 12.2. The number of amides is 1. The van der Waals surface area contributed by atoms with E-state index in [9.17, 15) is 9.90 Å². The van der Waals surface area contributed by atoms with Crippen LogP contribution in [0.1, 0.15) is 24.8 Å². The largest absolute Gasteiger partial charge is 0.379 e. The van der Waals surface area contributed by atoms with E-state index in [2.05, 4.69) is 16.3 Å². The Hall–Kier alpha value is -1.04. The molecule has 2 heterocycles. The van der Waals surface area contributed by atoms with Crippen molar-refractivity contribution >= 4 is 23.4 Å². The molecule has 5 heteroatoms. The van der Waals surface area contributed by atoms with Gasteiger partial charge in [-0.2, -0.15) is 11.8 Å². The third-order valence-corrected chi connectivity index (χ3v) is 5.70. The first-order valence-corrected chi connectivity index (χ1v) is 9.24. The van der Waals surface area contributed by atoms with Gasteiger partial charge in [0.2, 0.25) is 0 Å². The van der Waals surface area contributed by atoms with Crippen LogP contribution in [0.3, 0.4) is 0 Å². The molecular formula is C17H24N2O2S. The molecule has 2 N–H and O–H groups in total. The molecule has 1 aromatic rings. The van der Waals surface area contributed by atoms with Gasteiger partial charge in [-0.25, -0.2) is 0 Å². The monoisotopic (exact) mass is 320 g/mol. The number of hydrogen-bond donors (Lipinski definition) is 2. The second-order valence-corrected chi connectivity index (χ2v) is 7.39. The first kappa shape index (κ1) is 15.8. The van der Waals surface area contributed by atoms with Gasteiger partial charge in [0, 0.05) is 18.0 Å². The van der Waals surface area contributed by atoms with Gasteiger partial charge < -0.3 is 15.3 Å². The highest BCUT2D eigenvalue weighted by atomic mass is 32.2. The van der Waals surface area contributed by atoms with Crippen molar-refractivity contribution in [3.63, 3.8) is 0 Å². The third-order valence-electron chi connectivity index (χ3n) is 4.52. The summed E-state index contributed by atoms with van der Waals surface area (Å²) in [6.07, 6.45) is 4.17. The Balaban J connectivity index is 1.57. The Labute approximate surface area is 136 Å². The van der Waals surface area contributed by atoms with E-state index in [1.54, 1.807) is 11.8 Å². The summed E-state index contributed by atoms with van der Waals surface area (Å²) in [5.41, 5.74) is 0.822. The molecule has 2 aliphatic heterocycles. The summed E-state index contributed by atoms with van der Waals surface area (Å²) < 4.78 is 0. The van der Waals surface area contributed by atoms with Crippen LogP contribution in [0.4, 0.5) is 5.69 Å². The first-order valence-electron chi connectivity index (χ1n) is 8.09. The highest BCUT2D eigenvalue weighted by molar-refractivity contribution is 7.99. The van der Waals surface area contributed by atoms with E-state index in [1.165, 1.54) is 31.5 Å². The van der Waals surface area contributed by atoms with Crippen LogP contribution < -0.4 is 5.32 Å². The van der Waals surface area contributed by atoms with Gasteiger partial charge in [-0.05, 0) is 62.2 Å². The third kappa shape index (κ3) is 3.83. The number of nitrogens with zero attached hydrogens (tertiary/aromatic N) is 1. The van der Waals surface area contributed by atoms with Gasteiger partial charge in [0.05, 0.1) is 0 Å². The number of carbonyl (C=O) groups excluding carboxylic acids is 1. The number of carbonyl (C=O) groups is 1. The summed E-state index contributed by atoms with van der Waals surface area (Å²) in [6.45, 7) is 3.50. The first-order chi connectivity index (χ1) is 10.7. The van der Waals surface area contributed by atoms with Crippen LogP contribution >= 0.6 is 11.8 Å². The molecule has 22 heavy (non-hydrogen) atoms. The Morgan fingerprint density at radius 2 is 2.18 bits per heavy atom. The molecule has 0 saturated carbocycles. The lowest BCUT2D eigenvalue weighted by Crippen LogP contribution is -2.42. The lowest BCUT2D eigenvalue weighted by molar-refractivity contribution is -0.131. The van der Waals surface area contributed by atoms with Gasteiger partial charge in [0.1, 0.15) is 0 Å². The quantitative estimate of drug-likeness (QED) is 0.873. The van der Waals surface area contributed by atoms with Crippen molar-refractivity contribution in [1.29, 1.82) is 0 Å². The molecule has 3 rings (SSSR count). The molecule has 2 aliphatic rings. The normalized spacial score (nSPS) is 25.5. The molecule has 1 unspecified atom stereocenters. The molecule has 1 aromatic carbocycles. The van der Waals surface area contributed by atoms with E-state index < -0.39 is 5.60 Å². The molecule has 1 atom stereocenters. The highest BCUT2D eigenvalue weighted by Gasteiger charge is 2.39. The number of benzene rings is 1. The Morgan fingerprint density at radius 3 is 2.91 bits per heavy atom. The number of rotatable bonds is 5. The Bertz CT molecular complexity index is 523. The maximum atomic E-state index is 12.2. The SMILES string of the molecule is O=C(Nc1cccc(CCN2CCCC2)c1)C1(O)CCSC1. The predicted molar refractivity (Wildman–Crippen MR) is 91.3 cm³/mol. The van der Waals surface area contributed by atoms with Gasteiger partial charge in [0.15, 0.2) is 5.60 Å². The van der Waals surface area contributed by atoms with Crippen molar-refractivity contribution < 1.29 is 9.90 Å². The molecule has 4 nitrogen and oxygen atoms in total. The van der Waals surface area contributed by atoms with Crippen LogP contribution in [0.15, 0.2) is 24.3 Å². The summed E-state index contributed by atoms with van der Waals surface area (Å²) >= 11 is 1.63. The molecule has 120 valence electrons. The molecule has 0 aromatic heterocycles. The minimum absolute atomic E-state index is 0.269. The Kier molecular flexibility index (Phi) is 5.06. The maximum Gasteiger partial charge on any atom is 0.257 e. The van der Waals surface area contributed by atoms with E-state index in [1.807, 2.05) is 18.2 Å². The minimum atomic E-state index is -1.20. The van der Waals surface area contributed by atoms with Crippen LogP contribution in [0, 0.1) is 0 Å². The summed E-state index contributed by atoms with van der Waals surface area (Å²) in [6, 6.07) is 8.00. The molecule has 2 fully saturated rings. The molecule has 0 bridgehead atoms. The second-order valence-electron chi connectivity index (χ2n) is 6.29. The van der Waals surface area contributed by atoms with Gasteiger partial charge >= 0.3 is 0 Å². The van der Waals surface area contributed by atoms with Crippen molar-refractivity contribution in [3.05, 3.63) is 29.8 Å². The number of anilines is 1. The van der Waals surface area contributed by atoms with Gasteiger partial charge in [-0.3, -0.25) is 4.79 Å². The molecule has 1 amide bonds. The topological polar surface area (TPSA) is 52.6 Å². The van der Waals surface area contributed by atoms with Crippen LogP contribution in [0.5, 0.6) is 0 Å². The van der Waals surface area contributed by atoms with Crippen LogP contribution in [-0.2, 0) is 11.2 Å². The lowest BCUT2D eigenvalue weighted by atomic mass is 10.0. The summed E-state index contributed by atoms with van der Waals surface area (Å²) in [5, 5.41) is 13.2. The summed E-state index contributed by atoms with van der Waals surface area (Å²) in [4.78, 5) is 14.7. The van der Waals surface area contributed by atoms with Crippen molar-refractivity contribution in [2.75, 3.05) is 36.5 Å². The minimum Gasteiger partial charge on any atom is -0.379 e. The summed E-state index contributed by atoms with van der Waals surface area (Å²) in [7, 11) is 0. The predicted octanol–water partition coefficient (Wildman–Crippen LogP) is 2.13. The van der Waals surface area contributed by atoms with Crippen LogP contribution in [0.2, 0.25) is 0 Å². The van der Waals surface area contributed by atoms with E-state index in [-0.39, 0.29) is 5.91 Å². The smallest absolute Gasteiger partial charge is 0.257 e. The Morgan fingerprint density at radius 1 is 1.36 bits per heavy atom. The van der Waals surface area contributed by atoms with Gasteiger partial charge in [-0.1, -0.05) is 12.1 Å². The van der Waals surface area contributed by atoms with Crippen molar-refractivity contribution in [1.82, 2.24) is 4.90 Å². The zero-order valence-corrected chi connectivity index (χ0v) is 13.7. The molecule has 0 spiro atoms. The van der Waals surface area contributed by atoms with E-state index in [0.717, 1.165) is 24.4 Å². The number of thioether (sulfide) groups is 1. The van der Waals surface area contributed by atoms with Crippen LogP contribution in [0.25, 0.3) is 0 Å². The van der Waals surface area contributed by atoms with Crippen LogP contribution in [-0.4, -0.2) is 52.7 Å². The average Bonchev–Trinajstić information content (AvgIpc) is 3.18. The van der Waals surface area contributed by atoms with E-state index in [0.29, 0.717) is 12.2 Å². The number of likely N-dealkylation sites (tertiary alicyclic amines) is 1. The second kappa shape index (κ2) is 7.02. The number of nitrogens with one attached hydrogen (secondary N) is 1. The standard InChI is InChI=1S/C17H24N2O2S/c20-16(17(21)7-11-22-13-17)18-15-5-3-4-14(12-15)6-10-19-8-1-2-9-19/h3-5,12,21H,1-2,6-11,13H2,(H,18,20). The average molecular weight is 320 g/mol. The zero-order valence-electron chi connectivity index (χ0n) is 12.9. The van der Waals surface area contributed by atoms with E-state index >= 15 is 0 Å². The summed E-state index contributed by atoms with van der Waals surface area (Å²) in [5.74, 6) is 1.07. The molecular weight excluding hydrogens is 296 g/mol. The fourth-order valence-electron chi connectivity index (χ4n) is 3.08. The van der Waals surface area contributed by atoms with Crippen molar-refractivity contribution in [2.24, 2.45) is 0 Å². The van der Waals surface area contributed by atoms with E-state index in [4.69, 9.17) is 0 Å². The van der Waals surface area contributed by atoms with Crippen molar-refractivity contribution in [2.45, 2.75) is 31.3 Å². The number of aliphatic hydroxyl groups is 1.